The van der Waals surface area contributed by atoms with Crippen molar-refractivity contribution in [2.75, 3.05) is 7.05 Å². The summed E-state index contributed by atoms with van der Waals surface area (Å²) in [7, 11) is 1.90. The second-order valence-electron chi connectivity index (χ2n) is 2.92. The van der Waals surface area contributed by atoms with Gasteiger partial charge in [-0.3, -0.25) is 0 Å². The first-order chi connectivity index (χ1) is 5.33. The Morgan fingerprint density at radius 1 is 1.33 bits per heavy atom. The van der Waals surface area contributed by atoms with Crippen molar-refractivity contribution in [1.29, 1.82) is 0 Å². The summed E-state index contributed by atoms with van der Waals surface area (Å²) in [5.41, 5.74) is 0. The van der Waals surface area contributed by atoms with Gasteiger partial charge >= 0.3 is 0 Å². The standard InChI is InChI=1S/C8H15NS2.ClH/c1-9-8(10)11-7-5-3-2-4-6-7;/h7H,2-6H2,1H3,(H,9,10);1H. The Kier molecular flexibility index (Phi) is 7.29. The molecule has 4 heteroatoms. The van der Waals surface area contributed by atoms with Gasteiger partial charge in [0.1, 0.15) is 4.32 Å². The van der Waals surface area contributed by atoms with E-state index in [1.165, 1.54) is 32.1 Å². The fraction of sp³-hybridized carbons (Fsp3) is 0.875. The molecular weight excluding hydrogens is 210 g/mol. The summed E-state index contributed by atoms with van der Waals surface area (Å²) in [6.45, 7) is 0. The van der Waals surface area contributed by atoms with E-state index in [2.05, 4.69) is 5.32 Å². The molecule has 0 amide bonds. The second kappa shape index (κ2) is 6.98. The lowest BCUT2D eigenvalue weighted by Gasteiger charge is -2.20. The van der Waals surface area contributed by atoms with E-state index in [9.17, 15) is 0 Å². The van der Waals surface area contributed by atoms with Crippen LogP contribution in [0, 0.1) is 0 Å². The maximum Gasteiger partial charge on any atom is 0.133 e. The number of hydrogen-bond acceptors (Lipinski definition) is 2. The number of hydrogen-bond donors (Lipinski definition) is 1. The molecule has 0 aromatic heterocycles. The van der Waals surface area contributed by atoms with E-state index in [1.54, 1.807) is 0 Å². The van der Waals surface area contributed by atoms with Crippen LogP contribution in [0.15, 0.2) is 0 Å². The largest absolute Gasteiger partial charge is 0.374 e. The van der Waals surface area contributed by atoms with Crippen LogP contribution in [0.3, 0.4) is 0 Å². The summed E-state index contributed by atoms with van der Waals surface area (Å²) in [5.74, 6) is 0. The summed E-state index contributed by atoms with van der Waals surface area (Å²) in [4.78, 5) is 0. The first-order valence-corrected chi connectivity index (χ1v) is 5.50. The Balaban J connectivity index is 0.00000121. The monoisotopic (exact) mass is 225 g/mol. The third-order valence-corrected chi connectivity index (χ3v) is 3.75. The molecule has 0 saturated heterocycles. The van der Waals surface area contributed by atoms with E-state index >= 15 is 0 Å². The van der Waals surface area contributed by atoms with E-state index < -0.39 is 0 Å². The van der Waals surface area contributed by atoms with Crippen LogP contribution >= 0.6 is 36.4 Å². The molecule has 1 N–H and O–H groups in total. The van der Waals surface area contributed by atoms with E-state index in [1.807, 2.05) is 18.8 Å². The smallest absolute Gasteiger partial charge is 0.133 e. The topological polar surface area (TPSA) is 12.0 Å². The number of halogens is 1. The fourth-order valence-electron chi connectivity index (χ4n) is 1.39. The van der Waals surface area contributed by atoms with Gasteiger partial charge in [0.2, 0.25) is 0 Å². The van der Waals surface area contributed by atoms with Crippen molar-refractivity contribution < 1.29 is 0 Å². The van der Waals surface area contributed by atoms with Gasteiger partial charge in [-0.2, -0.15) is 0 Å². The van der Waals surface area contributed by atoms with Crippen molar-refractivity contribution in [3.05, 3.63) is 0 Å². The van der Waals surface area contributed by atoms with Crippen molar-refractivity contribution in [3.63, 3.8) is 0 Å². The van der Waals surface area contributed by atoms with Crippen LogP contribution in [0.5, 0.6) is 0 Å². The van der Waals surface area contributed by atoms with Crippen molar-refractivity contribution >= 4 is 40.7 Å². The van der Waals surface area contributed by atoms with Gasteiger partial charge < -0.3 is 5.32 Å². The first-order valence-electron chi connectivity index (χ1n) is 4.21. The molecule has 0 bridgehead atoms. The Morgan fingerprint density at radius 3 is 2.42 bits per heavy atom. The molecule has 0 aliphatic heterocycles. The normalized spacial score (nSPS) is 18.1. The summed E-state index contributed by atoms with van der Waals surface area (Å²) < 4.78 is 0.955. The molecule has 1 saturated carbocycles. The summed E-state index contributed by atoms with van der Waals surface area (Å²) in [5, 5.41) is 3.80. The highest BCUT2D eigenvalue weighted by molar-refractivity contribution is 8.23. The maximum absolute atomic E-state index is 5.09. The minimum atomic E-state index is 0. The third-order valence-electron chi connectivity index (χ3n) is 2.03. The van der Waals surface area contributed by atoms with Gasteiger partial charge in [0.15, 0.2) is 0 Å². The van der Waals surface area contributed by atoms with Gasteiger partial charge in [-0.25, -0.2) is 0 Å². The predicted molar refractivity (Wildman–Crippen MR) is 63.4 cm³/mol. The molecule has 72 valence electrons. The van der Waals surface area contributed by atoms with Crippen molar-refractivity contribution in [1.82, 2.24) is 5.32 Å². The van der Waals surface area contributed by atoms with Gasteiger partial charge in [0.05, 0.1) is 0 Å². The molecule has 1 nitrogen and oxygen atoms in total. The lowest BCUT2D eigenvalue weighted by Crippen LogP contribution is -2.17. The van der Waals surface area contributed by atoms with E-state index in [0.29, 0.717) is 0 Å². The van der Waals surface area contributed by atoms with Gasteiger partial charge in [-0.15, -0.1) is 12.4 Å². The highest BCUT2D eigenvalue weighted by Crippen LogP contribution is 2.28. The van der Waals surface area contributed by atoms with Gasteiger partial charge in [-0.05, 0) is 12.8 Å². The maximum atomic E-state index is 5.09. The number of thiocarbonyl (C=S) groups is 1. The zero-order chi connectivity index (χ0) is 8.10. The molecule has 0 heterocycles. The Hall–Kier alpha value is 0.530. The Labute approximate surface area is 90.5 Å². The van der Waals surface area contributed by atoms with Crippen molar-refractivity contribution in [2.45, 2.75) is 37.4 Å². The van der Waals surface area contributed by atoms with Crippen molar-refractivity contribution in [3.8, 4) is 0 Å². The minimum Gasteiger partial charge on any atom is -0.374 e. The highest BCUT2D eigenvalue weighted by atomic mass is 35.5. The van der Waals surface area contributed by atoms with Gasteiger partial charge in [0, 0.05) is 12.3 Å². The first kappa shape index (κ1) is 12.5. The second-order valence-corrected chi connectivity index (χ2v) is 4.89. The molecule has 1 rings (SSSR count). The molecule has 0 spiro atoms. The number of nitrogens with one attached hydrogen (secondary N) is 1. The van der Waals surface area contributed by atoms with E-state index in [-0.39, 0.29) is 12.4 Å². The molecule has 0 unspecified atom stereocenters. The lowest BCUT2D eigenvalue weighted by molar-refractivity contribution is 0.517. The molecule has 12 heavy (non-hydrogen) atoms. The Morgan fingerprint density at radius 2 is 1.92 bits per heavy atom. The van der Waals surface area contributed by atoms with Crippen LogP contribution in [0.2, 0.25) is 0 Å². The third kappa shape index (κ3) is 4.53. The molecule has 0 aromatic carbocycles. The van der Waals surface area contributed by atoms with E-state index in [4.69, 9.17) is 12.2 Å². The SMILES string of the molecule is CNC(=S)SC1CCCCC1.Cl. The predicted octanol–water partition coefficient (Wildman–Crippen LogP) is 2.98. The molecule has 0 atom stereocenters. The Bertz CT molecular complexity index is 135. The molecule has 1 fully saturated rings. The quantitative estimate of drug-likeness (QED) is 0.690. The molecule has 1 aliphatic carbocycles. The van der Waals surface area contributed by atoms with Gasteiger partial charge in [0.25, 0.3) is 0 Å². The zero-order valence-electron chi connectivity index (χ0n) is 7.34. The summed E-state index contributed by atoms with van der Waals surface area (Å²) in [6, 6.07) is 0. The van der Waals surface area contributed by atoms with Gasteiger partial charge in [-0.1, -0.05) is 43.2 Å². The fourth-order valence-corrected chi connectivity index (χ4v) is 2.79. The summed E-state index contributed by atoms with van der Waals surface area (Å²) >= 11 is 6.93. The average Bonchev–Trinajstić information content (AvgIpc) is 2.06. The van der Waals surface area contributed by atoms with Crippen LogP contribution in [-0.2, 0) is 0 Å². The van der Waals surface area contributed by atoms with Crippen LogP contribution in [0.25, 0.3) is 0 Å². The number of rotatable bonds is 1. The van der Waals surface area contributed by atoms with Crippen LogP contribution < -0.4 is 5.32 Å². The number of thioether (sulfide) groups is 1. The zero-order valence-corrected chi connectivity index (χ0v) is 9.79. The molecular formula is C8H16ClNS2. The lowest BCUT2D eigenvalue weighted by atomic mass is 10.0. The molecule has 0 radical (unpaired) electrons. The van der Waals surface area contributed by atoms with Crippen LogP contribution in [-0.4, -0.2) is 16.6 Å². The molecule has 0 aromatic rings. The van der Waals surface area contributed by atoms with Crippen LogP contribution in [0.4, 0.5) is 0 Å². The average molecular weight is 226 g/mol. The minimum absolute atomic E-state index is 0. The van der Waals surface area contributed by atoms with Crippen LogP contribution in [0.1, 0.15) is 32.1 Å². The highest BCUT2D eigenvalue weighted by Gasteiger charge is 2.14. The van der Waals surface area contributed by atoms with E-state index in [0.717, 1.165) is 9.57 Å². The van der Waals surface area contributed by atoms with Crippen molar-refractivity contribution in [2.24, 2.45) is 0 Å². The summed E-state index contributed by atoms with van der Waals surface area (Å²) in [6.07, 6.45) is 6.91. The molecule has 1 aliphatic rings.